The van der Waals surface area contributed by atoms with Gasteiger partial charge in [-0.25, -0.2) is 0 Å². The normalized spacial score (nSPS) is 21.2. The molecule has 0 spiro atoms. The molecule has 0 saturated carbocycles. The number of fused-ring (bicyclic) bond motifs is 2. The molecule has 0 bridgehead atoms. The van der Waals surface area contributed by atoms with Crippen molar-refractivity contribution >= 4 is 16.8 Å². The fraction of sp³-hybridized carbons (Fsp3) is 0.458. The minimum atomic E-state index is -0.487. The monoisotopic (exact) mass is 404 g/mol. The van der Waals surface area contributed by atoms with Crippen molar-refractivity contribution in [3.63, 3.8) is 0 Å². The van der Waals surface area contributed by atoms with Crippen LogP contribution in [0.3, 0.4) is 0 Å². The number of para-hydroxylation sites is 1. The zero-order valence-electron chi connectivity index (χ0n) is 17.2. The zero-order chi connectivity index (χ0) is 20.5. The number of nitrogens with zero attached hydrogens (tertiary/aromatic N) is 3. The number of amides is 1. The molecule has 0 radical (unpaired) electrons. The fourth-order valence-electron chi connectivity index (χ4n) is 5.01. The van der Waals surface area contributed by atoms with E-state index in [9.17, 15) is 9.90 Å². The summed E-state index contributed by atoms with van der Waals surface area (Å²) >= 11 is 0. The average Bonchev–Trinajstić information content (AvgIpc) is 3.36. The Hall–Kier alpha value is -2.73. The number of aromatic amines is 1. The lowest BCUT2D eigenvalue weighted by molar-refractivity contribution is -0.130. The Morgan fingerprint density at radius 2 is 2.03 bits per heavy atom. The van der Waals surface area contributed by atoms with Gasteiger partial charge in [-0.2, -0.15) is 5.10 Å². The highest BCUT2D eigenvalue weighted by Crippen LogP contribution is 2.27. The predicted molar refractivity (Wildman–Crippen MR) is 115 cm³/mol. The molecule has 1 saturated heterocycles. The number of hydrogen-bond acceptors (Lipinski definition) is 4. The molecule has 0 unspecified atom stereocenters. The number of aryl methyl sites for hydroxylation is 2. The van der Waals surface area contributed by atoms with E-state index in [0.717, 1.165) is 35.9 Å². The number of aromatic nitrogens is 3. The average molecular weight is 405 g/mol. The first-order chi connectivity index (χ1) is 14.7. The minimum Gasteiger partial charge on any atom is -0.391 e. The third-order valence-electron chi connectivity index (χ3n) is 6.70. The fourth-order valence-corrected chi connectivity index (χ4v) is 5.01. The summed E-state index contributed by atoms with van der Waals surface area (Å²) in [6.45, 7) is 1.03. The van der Waals surface area contributed by atoms with E-state index in [1.807, 2.05) is 35.4 Å². The lowest BCUT2D eigenvalue weighted by Crippen LogP contribution is -2.29. The second kappa shape index (κ2) is 8.19. The molecule has 1 amide bonds. The number of aliphatic hydroxyl groups excluding tert-OH is 1. The summed E-state index contributed by atoms with van der Waals surface area (Å²) < 4.78 is 0. The number of β-amino-alcohol motifs (C(OH)–C–C–N with tert-alkyl or cyclic N) is 1. The molecule has 156 valence electrons. The van der Waals surface area contributed by atoms with Crippen LogP contribution in [0.2, 0.25) is 0 Å². The smallest absolute Gasteiger partial charge is 0.223 e. The number of carbonyl (C=O) groups excluding carboxylic acids is 1. The van der Waals surface area contributed by atoms with Crippen LogP contribution in [-0.2, 0) is 30.5 Å². The quantitative estimate of drug-likeness (QED) is 0.685. The van der Waals surface area contributed by atoms with Crippen molar-refractivity contribution in [2.45, 2.75) is 51.0 Å². The van der Waals surface area contributed by atoms with Crippen molar-refractivity contribution in [3.05, 3.63) is 59.0 Å². The van der Waals surface area contributed by atoms with Gasteiger partial charge < -0.3 is 10.0 Å². The molecule has 2 aromatic heterocycles. The first-order valence-corrected chi connectivity index (χ1v) is 11.0. The van der Waals surface area contributed by atoms with E-state index in [-0.39, 0.29) is 11.8 Å². The van der Waals surface area contributed by atoms with Crippen LogP contribution < -0.4 is 0 Å². The molecular weight excluding hydrogens is 376 g/mol. The highest BCUT2D eigenvalue weighted by Gasteiger charge is 2.34. The third-order valence-corrected chi connectivity index (χ3v) is 6.70. The number of nitrogens with one attached hydrogen (secondary N) is 1. The molecule has 2 aliphatic rings. The number of rotatable bonds is 5. The SMILES string of the molecule is O=C(CCc1n[nH]c2c1CCCC2)N1C[C@@H](Cc2ccnc3ccccc23)[C@@H](O)C1. The maximum Gasteiger partial charge on any atom is 0.223 e. The van der Waals surface area contributed by atoms with E-state index in [1.54, 1.807) is 0 Å². The van der Waals surface area contributed by atoms with E-state index in [2.05, 4.69) is 21.2 Å². The van der Waals surface area contributed by atoms with Gasteiger partial charge in [0.1, 0.15) is 0 Å². The van der Waals surface area contributed by atoms with Gasteiger partial charge in [0, 0.05) is 49.1 Å². The van der Waals surface area contributed by atoms with Gasteiger partial charge in [0.25, 0.3) is 0 Å². The Morgan fingerprint density at radius 1 is 1.17 bits per heavy atom. The van der Waals surface area contributed by atoms with Crippen LogP contribution in [0.5, 0.6) is 0 Å². The summed E-state index contributed by atoms with van der Waals surface area (Å²) in [6, 6.07) is 10.1. The topological polar surface area (TPSA) is 82.1 Å². The molecule has 5 rings (SSSR count). The number of aliphatic hydroxyl groups is 1. The van der Waals surface area contributed by atoms with Crippen molar-refractivity contribution in [2.75, 3.05) is 13.1 Å². The summed E-state index contributed by atoms with van der Waals surface area (Å²) in [5.41, 5.74) is 5.79. The van der Waals surface area contributed by atoms with Crippen molar-refractivity contribution in [1.82, 2.24) is 20.1 Å². The van der Waals surface area contributed by atoms with Crippen molar-refractivity contribution < 1.29 is 9.90 Å². The van der Waals surface area contributed by atoms with Gasteiger partial charge in [-0.15, -0.1) is 0 Å². The summed E-state index contributed by atoms with van der Waals surface area (Å²) in [5, 5.41) is 19.4. The third kappa shape index (κ3) is 3.72. The number of benzene rings is 1. The molecule has 2 atom stereocenters. The minimum absolute atomic E-state index is 0.0536. The largest absolute Gasteiger partial charge is 0.391 e. The number of H-pyrrole nitrogens is 1. The molecule has 6 nitrogen and oxygen atoms in total. The van der Waals surface area contributed by atoms with Gasteiger partial charge in [-0.3, -0.25) is 14.9 Å². The summed E-state index contributed by atoms with van der Waals surface area (Å²) in [5.74, 6) is 0.168. The molecule has 2 N–H and O–H groups in total. The van der Waals surface area contributed by atoms with Crippen LogP contribution in [0, 0.1) is 5.92 Å². The van der Waals surface area contributed by atoms with Crippen LogP contribution in [0.4, 0.5) is 0 Å². The second-order valence-electron chi connectivity index (χ2n) is 8.65. The van der Waals surface area contributed by atoms with E-state index >= 15 is 0 Å². The van der Waals surface area contributed by atoms with Crippen LogP contribution in [0.25, 0.3) is 10.9 Å². The number of pyridine rings is 1. The Balaban J connectivity index is 1.22. The number of hydrogen-bond donors (Lipinski definition) is 2. The van der Waals surface area contributed by atoms with E-state index in [1.165, 1.54) is 29.7 Å². The molecule has 3 heterocycles. The van der Waals surface area contributed by atoms with Crippen molar-refractivity contribution in [2.24, 2.45) is 5.92 Å². The van der Waals surface area contributed by atoms with Crippen LogP contribution >= 0.6 is 0 Å². The molecule has 1 fully saturated rings. The van der Waals surface area contributed by atoms with Gasteiger partial charge in [-0.05, 0) is 55.4 Å². The van der Waals surface area contributed by atoms with Gasteiger partial charge in [0.2, 0.25) is 5.91 Å². The lowest BCUT2D eigenvalue weighted by atomic mass is 9.94. The molecule has 1 aromatic carbocycles. The summed E-state index contributed by atoms with van der Waals surface area (Å²) in [6.07, 6.45) is 7.78. The molecule has 1 aliphatic heterocycles. The Morgan fingerprint density at radius 3 is 2.97 bits per heavy atom. The van der Waals surface area contributed by atoms with Crippen LogP contribution in [0.15, 0.2) is 36.5 Å². The maximum atomic E-state index is 12.8. The summed E-state index contributed by atoms with van der Waals surface area (Å²) in [7, 11) is 0. The molecule has 3 aromatic rings. The van der Waals surface area contributed by atoms with Gasteiger partial charge in [-0.1, -0.05) is 18.2 Å². The predicted octanol–water partition coefficient (Wildman–Crippen LogP) is 2.83. The first-order valence-electron chi connectivity index (χ1n) is 11.0. The van der Waals surface area contributed by atoms with E-state index < -0.39 is 6.10 Å². The van der Waals surface area contributed by atoms with E-state index in [4.69, 9.17) is 0 Å². The zero-order valence-corrected chi connectivity index (χ0v) is 17.2. The molecule has 1 aliphatic carbocycles. The highest BCUT2D eigenvalue weighted by atomic mass is 16.3. The van der Waals surface area contributed by atoms with Crippen LogP contribution in [0.1, 0.15) is 41.8 Å². The molecule has 30 heavy (non-hydrogen) atoms. The Labute approximate surface area is 176 Å². The Bertz CT molecular complexity index is 1060. The second-order valence-corrected chi connectivity index (χ2v) is 8.65. The van der Waals surface area contributed by atoms with Crippen molar-refractivity contribution in [3.8, 4) is 0 Å². The van der Waals surface area contributed by atoms with Crippen molar-refractivity contribution in [1.29, 1.82) is 0 Å². The maximum absolute atomic E-state index is 12.8. The van der Waals surface area contributed by atoms with Gasteiger partial charge in [0.05, 0.1) is 17.3 Å². The Kier molecular flexibility index (Phi) is 5.25. The number of carbonyl (C=O) groups is 1. The first kappa shape index (κ1) is 19.2. The number of likely N-dealkylation sites (tertiary alicyclic amines) is 1. The standard InChI is InChI=1S/C24H28N4O2/c29-23-15-28(24(30)10-9-22-19-6-2-4-8-21(19)26-27-22)14-17(23)13-16-11-12-25-20-7-3-1-5-18(16)20/h1,3,5,7,11-12,17,23,29H,2,4,6,8-10,13-15H2,(H,26,27)/t17-,23+/m1/s1. The molecule has 6 heteroatoms. The van der Waals surface area contributed by atoms with Gasteiger partial charge in [0.15, 0.2) is 0 Å². The summed E-state index contributed by atoms with van der Waals surface area (Å²) in [4.78, 5) is 19.1. The lowest BCUT2D eigenvalue weighted by Gasteiger charge is -2.17. The van der Waals surface area contributed by atoms with Gasteiger partial charge >= 0.3 is 0 Å². The highest BCUT2D eigenvalue weighted by molar-refractivity contribution is 5.82. The van der Waals surface area contributed by atoms with Crippen LogP contribution in [-0.4, -0.2) is 50.3 Å². The van der Waals surface area contributed by atoms with E-state index in [0.29, 0.717) is 25.9 Å². The molecular formula is C24H28N4O2.